The van der Waals surface area contributed by atoms with Gasteiger partial charge >= 0.3 is 5.97 Å². The first-order valence-corrected chi connectivity index (χ1v) is 3.77. The van der Waals surface area contributed by atoms with Crippen molar-refractivity contribution < 1.29 is 14.3 Å². The third-order valence-corrected chi connectivity index (χ3v) is 1.40. The van der Waals surface area contributed by atoms with Crippen LogP contribution in [0.25, 0.3) is 0 Å². The van der Waals surface area contributed by atoms with Crippen LogP contribution in [0.5, 0.6) is 0 Å². The third-order valence-electron chi connectivity index (χ3n) is 1.17. The number of alkyl halides is 1. The molecule has 4 heteroatoms. The van der Waals surface area contributed by atoms with Crippen LogP contribution in [-0.4, -0.2) is 24.7 Å². The molecule has 0 aromatic rings. The van der Waals surface area contributed by atoms with Gasteiger partial charge in [0.2, 0.25) is 0 Å². The van der Waals surface area contributed by atoms with Gasteiger partial charge in [0.15, 0.2) is 0 Å². The zero-order valence-corrected chi connectivity index (χ0v) is 6.39. The van der Waals surface area contributed by atoms with E-state index in [1.807, 2.05) is 0 Å². The molecule has 1 fully saturated rings. The highest BCUT2D eigenvalue weighted by atomic mass is 79.9. The number of esters is 1. The Kier molecular flexibility index (Phi) is 2.48. The second kappa shape index (κ2) is 3.17. The zero-order valence-electron chi connectivity index (χ0n) is 4.80. The normalized spacial score (nSPS) is 18.8. The molecule has 0 spiro atoms. The molecule has 0 bridgehead atoms. The van der Waals surface area contributed by atoms with Crippen molar-refractivity contribution >= 4 is 21.9 Å². The third kappa shape index (κ3) is 1.66. The number of hydrogen-bond donors (Lipinski definition) is 0. The summed E-state index contributed by atoms with van der Waals surface area (Å²) in [6.07, 6.45) is 0. The largest absolute Gasteiger partial charge is 0.454 e. The van der Waals surface area contributed by atoms with Crippen LogP contribution in [0.1, 0.15) is 0 Å². The second-order valence-electron chi connectivity index (χ2n) is 1.81. The van der Waals surface area contributed by atoms with Gasteiger partial charge in [-0.2, -0.15) is 0 Å². The predicted octanol–water partition coefficient (Wildman–Crippen LogP) is 0.528. The van der Waals surface area contributed by atoms with E-state index in [4.69, 9.17) is 4.74 Å². The van der Waals surface area contributed by atoms with Crippen molar-refractivity contribution in [3.63, 3.8) is 0 Å². The Bertz CT molecular complexity index is 111. The average Bonchev–Trinajstić information content (AvgIpc) is 1.60. The lowest BCUT2D eigenvalue weighted by Gasteiger charge is -2.23. The van der Waals surface area contributed by atoms with Gasteiger partial charge in [0.1, 0.15) is 11.4 Å². The van der Waals surface area contributed by atoms with Crippen LogP contribution in [0, 0.1) is 5.92 Å². The quantitative estimate of drug-likeness (QED) is 0.476. The molecule has 0 unspecified atom stereocenters. The molecule has 1 heterocycles. The molecule has 0 atom stereocenters. The Hall–Kier alpha value is -0.0900. The minimum atomic E-state index is -0.168. The van der Waals surface area contributed by atoms with E-state index in [-0.39, 0.29) is 17.4 Å². The van der Waals surface area contributed by atoms with Crippen LogP contribution in [0.4, 0.5) is 0 Å². The summed E-state index contributed by atoms with van der Waals surface area (Å²) < 4.78 is 9.43. The molecule has 9 heavy (non-hydrogen) atoms. The first-order chi connectivity index (χ1) is 4.34. The SMILES string of the molecule is O=C(OCBr)C1COC1. The maximum atomic E-state index is 10.7. The highest BCUT2D eigenvalue weighted by Crippen LogP contribution is 2.11. The van der Waals surface area contributed by atoms with Crippen LogP contribution in [0.15, 0.2) is 0 Å². The van der Waals surface area contributed by atoms with Crippen LogP contribution in [0.2, 0.25) is 0 Å². The van der Waals surface area contributed by atoms with E-state index in [9.17, 15) is 4.79 Å². The van der Waals surface area contributed by atoms with Gasteiger partial charge in [-0.3, -0.25) is 4.79 Å². The van der Waals surface area contributed by atoms with E-state index >= 15 is 0 Å². The van der Waals surface area contributed by atoms with E-state index in [1.165, 1.54) is 0 Å². The summed E-state index contributed by atoms with van der Waals surface area (Å²) in [5.41, 5.74) is 0.280. The van der Waals surface area contributed by atoms with Crippen molar-refractivity contribution in [2.24, 2.45) is 5.92 Å². The zero-order chi connectivity index (χ0) is 6.69. The molecule has 3 nitrogen and oxygen atoms in total. The van der Waals surface area contributed by atoms with Crippen LogP contribution < -0.4 is 0 Å². The summed E-state index contributed by atoms with van der Waals surface area (Å²) in [4.78, 5) is 10.7. The predicted molar refractivity (Wildman–Crippen MR) is 34.2 cm³/mol. The second-order valence-corrected chi connectivity index (χ2v) is 2.26. The first-order valence-electron chi connectivity index (χ1n) is 2.65. The molecule has 0 aromatic carbocycles. The molecular weight excluding hydrogens is 188 g/mol. The minimum absolute atomic E-state index is 0.0115. The molecule has 0 N–H and O–H groups in total. The summed E-state index contributed by atoms with van der Waals surface area (Å²) in [7, 11) is 0. The van der Waals surface area contributed by atoms with E-state index in [1.54, 1.807) is 0 Å². The summed E-state index contributed by atoms with van der Waals surface area (Å²) in [5, 5.41) is 0. The summed E-state index contributed by atoms with van der Waals surface area (Å²) in [6, 6.07) is 0. The maximum Gasteiger partial charge on any atom is 0.314 e. The fraction of sp³-hybridized carbons (Fsp3) is 0.800. The van der Waals surface area contributed by atoms with E-state index < -0.39 is 0 Å². The molecule has 1 aliphatic rings. The topological polar surface area (TPSA) is 35.5 Å². The Morgan fingerprint density at radius 1 is 1.78 bits per heavy atom. The highest BCUT2D eigenvalue weighted by Gasteiger charge is 2.27. The molecular formula is C5H7BrO3. The number of carbonyl (C=O) groups is 1. The van der Waals surface area contributed by atoms with Crippen LogP contribution >= 0.6 is 15.9 Å². The molecule has 0 aromatic heterocycles. The number of carbonyl (C=O) groups excluding carboxylic acids is 1. The van der Waals surface area contributed by atoms with Crippen molar-refractivity contribution in [2.75, 3.05) is 18.7 Å². The van der Waals surface area contributed by atoms with Gasteiger partial charge in [0.05, 0.1) is 13.2 Å². The summed E-state index contributed by atoms with van der Waals surface area (Å²) in [5.74, 6) is -0.180. The number of rotatable bonds is 2. The smallest absolute Gasteiger partial charge is 0.314 e. The molecule has 1 aliphatic heterocycles. The van der Waals surface area contributed by atoms with Crippen molar-refractivity contribution in [2.45, 2.75) is 0 Å². The molecule has 52 valence electrons. The van der Waals surface area contributed by atoms with Gasteiger partial charge in [-0.25, -0.2) is 0 Å². The molecule has 1 saturated heterocycles. The van der Waals surface area contributed by atoms with Crippen LogP contribution in [-0.2, 0) is 14.3 Å². The summed E-state index contributed by atoms with van der Waals surface area (Å²) >= 11 is 2.99. The number of halogens is 1. The lowest BCUT2D eigenvalue weighted by atomic mass is 10.1. The molecule has 0 saturated carbocycles. The van der Waals surface area contributed by atoms with E-state index in [0.29, 0.717) is 13.2 Å². The monoisotopic (exact) mass is 194 g/mol. The van der Waals surface area contributed by atoms with Gasteiger partial charge in [0.25, 0.3) is 0 Å². The Labute approximate surface area is 61.4 Å². The van der Waals surface area contributed by atoms with E-state index in [2.05, 4.69) is 20.7 Å². The lowest BCUT2D eigenvalue weighted by molar-refractivity contribution is -0.160. The minimum Gasteiger partial charge on any atom is -0.454 e. The molecule has 1 rings (SSSR count). The first kappa shape index (κ1) is 7.02. The number of ether oxygens (including phenoxy) is 2. The van der Waals surface area contributed by atoms with Crippen molar-refractivity contribution in [1.29, 1.82) is 0 Å². The summed E-state index contributed by atoms with van der Waals surface area (Å²) in [6.45, 7) is 1.04. The standard InChI is InChI=1S/C5H7BrO3/c6-3-9-5(7)4-1-8-2-4/h4H,1-3H2. The molecule has 0 radical (unpaired) electrons. The van der Waals surface area contributed by atoms with Gasteiger partial charge in [-0.1, -0.05) is 0 Å². The van der Waals surface area contributed by atoms with Gasteiger partial charge in [-0.05, 0) is 15.9 Å². The van der Waals surface area contributed by atoms with Crippen molar-refractivity contribution in [3.8, 4) is 0 Å². The van der Waals surface area contributed by atoms with Gasteiger partial charge < -0.3 is 9.47 Å². The molecule has 0 aliphatic carbocycles. The lowest BCUT2D eigenvalue weighted by Crippen LogP contribution is -2.35. The Morgan fingerprint density at radius 3 is 2.78 bits per heavy atom. The maximum absolute atomic E-state index is 10.7. The van der Waals surface area contributed by atoms with Crippen molar-refractivity contribution in [1.82, 2.24) is 0 Å². The average molecular weight is 195 g/mol. The van der Waals surface area contributed by atoms with Gasteiger partial charge in [-0.15, -0.1) is 0 Å². The Balaban J connectivity index is 2.16. The van der Waals surface area contributed by atoms with E-state index in [0.717, 1.165) is 0 Å². The van der Waals surface area contributed by atoms with Gasteiger partial charge in [0, 0.05) is 0 Å². The highest BCUT2D eigenvalue weighted by molar-refractivity contribution is 9.09. The van der Waals surface area contributed by atoms with Crippen LogP contribution in [0.3, 0.4) is 0 Å². The molecule has 0 amide bonds. The fourth-order valence-electron chi connectivity index (χ4n) is 0.543. The number of hydrogen-bond acceptors (Lipinski definition) is 3. The van der Waals surface area contributed by atoms with Crippen molar-refractivity contribution in [3.05, 3.63) is 0 Å². The Morgan fingerprint density at radius 2 is 2.44 bits per heavy atom. The fourth-order valence-corrected chi connectivity index (χ4v) is 0.769.